The molecule has 0 saturated heterocycles. The van der Waals surface area contributed by atoms with Gasteiger partial charge in [-0.3, -0.25) is 4.79 Å². The van der Waals surface area contributed by atoms with E-state index in [2.05, 4.69) is 11.5 Å². The second-order valence-corrected chi connectivity index (χ2v) is 7.63. The van der Waals surface area contributed by atoms with Gasteiger partial charge < -0.3 is 9.47 Å². The number of aromatic nitrogens is 1. The smallest absolute Gasteiger partial charge is 0.254 e. The summed E-state index contributed by atoms with van der Waals surface area (Å²) < 4.78 is 15.4. The summed E-state index contributed by atoms with van der Waals surface area (Å²) >= 11 is 6.11. The van der Waals surface area contributed by atoms with Crippen molar-refractivity contribution in [3.05, 3.63) is 94.5 Å². The molecular formula is C24H26ClFN2O. The molecule has 0 fully saturated rings. The van der Waals surface area contributed by atoms with Crippen molar-refractivity contribution in [2.24, 2.45) is 0 Å². The van der Waals surface area contributed by atoms with E-state index in [1.54, 1.807) is 12.1 Å². The van der Waals surface area contributed by atoms with Crippen LogP contribution in [-0.2, 0) is 13.1 Å². The number of benzene rings is 2. The van der Waals surface area contributed by atoms with Crippen molar-refractivity contribution in [3.8, 4) is 0 Å². The normalized spacial score (nSPS) is 10.9. The fourth-order valence-electron chi connectivity index (χ4n) is 3.35. The molecule has 0 atom stereocenters. The molecule has 3 nitrogen and oxygen atoms in total. The molecule has 3 aromatic rings. The molecule has 0 aliphatic rings. The van der Waals surface area contributed by atoms with Crippen LogP contribution in [0.5, 0.6) is 0 Å². The standard InChI is InChI=1S/C24H26ClFN2O/c1-2-3-4-14-28(24(29)20-10-12-22(26)13-11-20)18-23-9-6-15-27(23)17-19-7-5-8-21(25)16-19/h5-13,15-16H,2-4,14,17-18H2,1H3. The van der Waals surface area contributed by atoms with Crippen molar-refractivity contribution in [1.29, 1.82) is 0 Å². The number of nitrogens with zero attached hydrogens (tertiary/aromatic N) is 2. The maximum absolute atomic E-state index is 13.3. The van der Waals surface area contributed by atoms with Gasteiger partial charge in [-0.05, 0) is 60.5 Å². The van der Waals surface area contributed by atoms with Crippen molar-refractivity contribution in [3.63, 3.8) is 0 Å². The third-order valence-electron chi connectivity index (χ3n) is 4.93. The second-order valence-electron chi connectivity index (χ2n) is 7.20. The molecule has 0 bridgehead atoms. The minimum Gasteiger partial charge on any atom is -0.345 e. The zero-order chi connectivity index (χ0) is 20.6. The van der Waals surface area contributed by atoms with E-state index in [1.165, 1.54) is 12.1 Å². The van der Waals surface area contributed by atoms with Crippen LogP contribution in [0.4, 0.5) is 4.39 Å². The van der Waals surface area contributed by atoms with E-state index >= 15 is 0 Å². The highest BCUT2D eigenvalue weighted by Gasteiger charge is 2.17. The van der Waals surface area contributed by atoms with Crippen molar-refractivity contribution in [1.82, 2.24) is 9.47 Å². The minimum atomic E-state index is -0.338. The summed E-state index contributed by atoms with van der Waals surface area (Å²) in [4.78, 5) is 14.9. The first kappa shape index (κ1) is 21.1. The Balaban J connectivity index is 1.78. The number of halogens is 2. The lowest BCUT2D eigenvalue weighted by molar-refractivity contribution is 0.0736. The molecule has 0 N–H and O–H groups in total. The largest absolute Gasteiger partial charge is 0.345 e. The van der Waals surface area contributed by atoms with E-state index in [9.17, 15) is 9.18 Å². The summed E-state index contributed by atoms with van der Waals surface area (Å²) in [6.45, 7) is 4.01. The fraction of sp³-hybridized carbons (Fsp3) is 0.292. The topological polar surface area (TPSA) is 25.2 Å². The Morgan fingerprint density at radius 3 is 2.59 bits per heavy atom. The maximum atomic E-state index is 13.3. The first-order valence-corrected chi connectivity index (χ1v) is 10.4. The monoisotopic (exact) mass is 412 g/mol. The Bertz CT molecular complexity index is 936. The van der Waals surface area contributed by atoms with Crippen molar-refractivity contribution in [2.75, 3.05) is 6.54 Å². The second kappa shape index (κ2) is 10.3. The van der Waals surface area contributed by atoms with Gasteiger partial charge in [0.15, 0.2) is 0 Å². The van der Waals surface area contributed by atoms with Crippen molar-refractivity contribution in [2.45, 2.75) is 39.3 Å². The van der Waals surface area contributed by atoms with Crippen LogP contribution in [0.25, 0.3) is 0 Å². The Kier molecular flexibility index (Phi) is 7.48. The number of amides is 1. The molecule has 1 heterocycles. The van der Waals surface area contributed by atoms with E-state index in [-0.39, 0.29) is 11.7 Å². The lowest BCUT2D eigenvalue weighted by Gasteiger charge is -2.24. The van der Waals surface area contributed by atoms with Crippen molar-refractivity contribution >= 4 is 17.5 Å². The third kappa shape index (κ3) is 5.94. The predicted molar refractivity (Wildman–Crippen MR) is 116 cm³/mol. The van der Waals surface area contributed by atoms with Gasteiger partial charge in [-0.1, -0.05) is 43.5 Å². The van der Waals surface area contributed by atoms with E-state index in [0.29, 0.717) is 30.2 Å². The van der Waals surface area contributed by atoms with Gasteiger partial charge >= 0.3 is 0 Å². The number of hydrogen-bond acceptors (Lipinski definition) is 1. The average Bonchev–Trinajstić information content (AvgIpc) is 3.14. The van der Waals surface area contributed by atoms with E-state index in [1.807, 2.05) is 47.5 Å². The maximum Gasteiger partial charge on any atom is 0.254 e. The van der Waals surface area contributed by atoms with Crippen LogP contribution in [0, 0.1) is 5.82 Å². The zero-order valence-electron chi connectivity index (χ0n) is 16.7. The highest BCUT2D eigenvalue weighted by molar-refractivity contribution is 6.30. The van der Waals surface area contributed by atoms with Gasteiger partial charge in [0.05, 0.1) is 6.54 Å². The van der Waals surface area contributed by atoms with Crippen LogP contribution in [0.2, 0.25) is 5.02 Å². The third-order valence-corrected chi connectivity index (χ3v) is 5.16. The first-order chi connectivity index (χ1) is 14.1. The summed E-state index contributed by atoms with van der Waals surface area (Å²) in [5.74, 6) is -0.411. The van der Waals surface area contributed by atoms with Crippen LogP contribution in [0.15, 0.2) is 66.9 Å². The Morgan fingerprint density at radius 1 is 1.07 bits per heavy atom. The van der Waals surface area contributed by atoms with Gasteiger partial charge in [0.25, 0.3) is 5.91 Å². The van der Waals surface area contributed by atoms with Gasteiger partial charge in [0.2, 0.25) is 0 Å². The van der Waals surface area contributed by atoms with Gasteiger partial charge in [-0.25, -0.2) is 4.39 Å². The quantitative estimate of drug-likeness (QED) is 0.386. The highest BCUT2D eigenvalue weighted by atomic mass is 35.5. The van der Waals surface area contributed by atoms with Gasteiger partial charge in [-0.2, -0.15) is 0 Å². The molecule has 0 radical (unpaired) electrons. The number of rotatable bonds is 9. The molecule has 0 aliphatic heterocycles. The number of unbranched alkanes of at least 4 members (excludes halogenated alkanes) is 2. The zero-order valence-corrected chi connectivity index (χ0v) is 17.4. The molecule has 0 unspecified atom stereocenters. The Morgan fingerprint density at radius 2 is 1.86 bits per heavy atom. The summed E-state index contributed by atoms with van der Waals surface area (Å²) in [5.41, 5.74) is 2.67. The molecule has 2 aromatic carbocycles. The molecule has 1 amide bonds. The molecule has 29 heavy (non-hydrogen) atoms. The highest BCUT2D eigenvalue weighted by Crippen LogP contribution is 2.17. The number of carbonyl (C=O) groups excluding carboxylic acids is 1. The molecule has 0 spiro atoms. The first-order valence-electron chi connectivity index (χ1n) is 10.00. The van der Waals surface area contributed by atoms with Crippen molar-refractivity contribution < 1.29 is 9.18 Å². The fourth-order valence-corrected chi connectivity index (χ4v) is 3.57. The lowest BCUT2D eigenvalue weighted by Crippen LogP contribution is -2.32. The molecule has 0 aliphatic carbocycles. The summed E-state index contributed by atoms with van der Waals surface area (Å²) in [6, 6.07) is 17.6. The minimum absolute atomic E-state index is 0.0726. The molecule has 152 valence electrons. The lowest BCUT2D eigenvalue weighted by atomic mass is 10.1. The predicted octanol–water partition coefficient (Wildman–Crippen LogP) is 6.16. The number of carbonyl (C=O) groups is 1. The van der Waals surface area contributed by atoms with Crippen LogP contribution >= 0.6 is 11.6 Å². The van der Waals surface area contributed by atoms with Gasteiger partial charge in [0.1, 0.15) is 5.82 Å². The van der Waals surface area contributed by atoms with Crippen LogP contribution in [0.1, 0.15) is 47.8 Å². The number of hydrogen-bond donors (Lipinski definition) is 0. The van der Waals surface area contributed by atoms with E-state index < -0.39 is 0 Å². The molecule has 0 saturated carbocycles. The summed E-state index contributed by atoms with van der Waals surface area (Å²) in [6.07, 6.45) is 5.11. The molecule has 5 heteroatoms. The molecule has 1 aromatic heterocycles. The van der Waals surface area contributed by atoms with Gasteiger partial charge in [-0.15, -0.1) is 0 Å². The van der Waals surface area contributed by atoms with E-state index in [4.69, 9.17) is 11.6 Å². The summed E-state index contributed by atoms with van der Waals surface area (Å²) in [7, 11) is 0. The van der Waals surface area contributed by atoms with Crippen LogP contribution < -0.4 is 0 Å². The Labute approximate surface area is 176 Å². The summed E-state index contributed by atoms with van der Waals surface area (Å²) in [5, 5.41) is 0.712. The molecular weight excluding hydrogens is 387 g/mol. The van der Waals surface area contributed by atoms with E-state index in [0.717, 1.165) is 30.5 Å². The SMILES string of the molecule is CCCCCN(Cc1cccn1Cc1cccc(Cl)c1)C(=O)c1ccc(F)cc1. The van der Waals surface area contributed by atoms with Crippen LogP contribution in [-0.4, -0.2) is 21.9 Å². The van der Waals surface area contributed by atoms with Gasteiger partial charge in [0, 0.05) is 35.6 Å². The molecule has 3 rings (SSSR count). The average molecular weight is 413 g/mol. The Hall–Kier alpha value is -2.59. The van der Waals surface area contributed by atoms with Crippen LogP contribution in [0.3, 0.4) is 0 Å².